The largest absolute Gasteiger partial charge is 0.351 e. The summed E-state index contributed by atoms with van der Waals surface area (Å²) in [5.74, 6) is 0.663. The zero-order valence-electron chi connectivity index (χ0n) is 14.1. The number of carbonyl (C=O) groups is 1. The molecule has 1 saturated heterocycles. The van der Waals surface area contributed by atoms with Gasteiger partial charge in [-0.25, -0.2) is 8.42 Å². The van der Waals surface area contributed by atoms with Crippen LogP contribution in [-0.4, -0.2) is 32.7 Å². The van der Waals surface area contributed by atoms with E-state index in [0.29, 0.717) is 18.5 Å². The standard InChI is InChI=1S/C18H26N2O3S/c1-24(22,23)12-15-8-3-2-7-14(15)11-19-18(21)17-10-13-6-4-5-9-16(13)20-17/h2-3,7-8,13,16-17,20H,4-6,9-12H2,1H3,(H,19,21). The first kappa shape index (κ1) is 17.4. The fourth-order valence-corrected chi connectivity index (χ4v) is 4.83. The highest BCUT2D eigenvalue weighted by atomic mass is 32.2. The molecule has 132 valence electrons. The van der Waals surface area contributed by atoms with E-state index in [-0.39, 0.29) is 17.7 Å². The van der Waals surface area contributed by atoms with Crippen molar-refractivity contribution in [3.8, 4) is 0 Å². The summed E-state index contributed by atoms with van der Waals surface area (Å²) in [7, 11) is -3.09. The van der Waals surface area contributed by atoms with Gasteiger partial charge in [-0.3, -0.25) is 4.79 Å². The van der Waals surface area contributed by atoms with E-state index in [9.17, 15) is 13.2 Å². The van der Waals surface area contributed by atoms with Gasteiger partial charge in [0.05, 0.1) is 11.8 Å². The summed E-state index contributed by atoms with van der Waals surface area (Å²) in [6, 6.07) is 7.77. The number of benzene rings is 1. The molecule has 1 aromatic carbocycles. The lowest BCUT2D eigenvalue weighted by Gasteiger charge is -2.24. The van der Waals surface area contributed by atoms with Crippen molar-refractivity contribution < 1.29 is 13.2 Å². The van der Waals surface area contributed by atoms with Crippen molar-refractivity contribution in [2.75, 3.05) is 6.26 Å². The van der Waals surface area contributed by atoms with Gasteiger partial charge >= 0.3 is 0 Å². The van der Waals surface area contributed by atoms with Crippen molar-refractivity contribution in [3.05, 3.63) is 35.4 Å². The maximum absolute atomic E-state index is 12.5. The molecule has 2 fully saturated rings. The Hall–Kier alpha value is -1.40. The summed E-state index contributed by atoms with van der Waals surface area (Å²) in [5, 5.41) is 6.45. The Bertz CT molecular complexity index is 688. The molecule has 3 atom stereocenters. The number of sulfone groups is 1. The second-order valence-electron chi connectivity index (χ2n) is 7.16. The Morgan fingerprint density at radius 2 is 1.92 bits per heavy atom. The summed E-state index contributed by atoms with van der Waals surface area (Å²) in [4.78, 5) is 12.5. The zero-order chi connectivity index (χ0) is 17.2. The van der Waals surface area contributed by atoms with Crippen LogP contribution >= 0.6 is 0 Å². The first-order valence-corrected chi connectivity index (χ1v) is 10.8. The van der Waals surface area contributed by atoms with Crippen molar-refractivity contribution >= 4 is 15.7 Å². The monoisotopic (exact) mass is 350 g/mol. The van der Waals surface area contributed by atoms with Gasteiger partial charge in [0.25, 0.3) is 0 Å². The lowest BCUT2D eigenvalue weighted by Crippen LogP contribution is -2.43. The van der Waals surface area contributed by atoms with Crippen molar-refractivity contribution in [2.24, 2.45) is 5.92 Å². The average molecular weight is 350 g/mol. The van der Waals surface area contributed by atoms with Gasteiger partial charge in [0, 0.05) is 18.8 Å². The van der Waals surface area contributed by atoms with E-state index in [4.69, 9.17) is 0 Å². The molecule has 1 heterocycles. The summed E-state index contributed by atoms with van der Waals surface area (Å²) in [6.45, 7) is 0.373. The Labute approximate surface area is 144 Å². The van der Waals surface area contributed by atoms with Gasteiger partial charge in [-0.05, 0) is 36.3 Å². The quantitative estimate of drug-likeness (QED) is 0.849. The Kier molecular flexibility index (Phi) is 5.25. The summed E-state index contributed by atoms with van der Waals surface area (Å²) < 4.78 is 23.1. The molecule has 1 aromatic rings. The average Bonchev–Trinajstić information content (AvgIpc) is 2.96. The Morgan fingerprint density at radius 3 is 2.62 bits per heavy atom. The summed E-state index contributed by atoms with van der Waals surface area (Å²) in [6.07, 6.45) is 7.07. The molecule has 0 bridgehead atoms. The highest BCUT2D eigenvalue weighted by Gasteiger charge is 2.38. The number of carbonyl (C=O) groups excluding carboxylic acids is 1. The van der Waals surface area contributed by atoms with Gasteiger partial charge in [-0.1, -0.05) is 37.1 Å². The third-order valence-corrected chi connectivity index (χ3v) is 6.00. The van der Waals surface area contributed by atoms with Gasteiger partial charge in [0.1, 0.15) is 0 Å². The van der Waals surface area contributed by atoms with E-state index in [2.05, 4.69) is 10.6 Å². The van der Waals surface area contributed by atoms with E-state index < -0.39 is 9.84 Å². The summed E-state index contributed by atoms with van der Waals surface area (Å²) >= 11 is 0. The molecular formula is C18H26N2O3S. The minimum atomic E-state index is -3.09. The fourth-order valence-electron chi connectivity index (χ4n) is 3.98. The van der Waals surface area contributed by atoms with Gasteiger partial charge in [0.15, 0.2) is 9.84 Å². The predicted molar refractivity (Wildman–Crippen MR) is 94.1 cm³/mol. The third kappa shape index (κ3) is 4.36. The van der Waals surface area contributed by atoms with Gasteiger partial charge in [0.2, 0.25) is 5.91 Å². The lowest BCUT2D eigenvalue weighted by molar-refractivity contribution is -0.123. The second kappa shape index (κ2) is 7.23. The highest BCUT2D eigenvalue weighted by Crippen LogP contribution is 2.33. The molecule has 1 amide bonds. The minimum Gasteiger partial charge on any atom is -0.351 e. The maximum Gasteiger partial charge on any atom is 0.237 e. The molecule has 2 N–H and O–H groups in total. The highest BCUT2D eigenvalue weighted by molar-refractivity contribution is 7.89. The van der Waals surface area contributed by atoms with Crippen molar-refractivity contribution in [3.63, 3.8) is 0 Å². The molecule has 5 nitrogen and oxygen atoms in total. The number of amides is 1. The van der Waals surface area contributed by atoms with Crippen molar-refractivity contribution in [2.45, 2.75) is 56.5 Å². The molecule has 2 aliphatic rings. The van der Waals surface area contributed by atoms with Crippen LogP contribution in [0.4, 0.5) is 0 Å². The van der Waals surface area contributed by atoms with E-state index in [1.165, 1.54) is 31.9 Å². The molecule has 0 spiro atoms. The zero-order valence-corrected chi connectivity index (χ0v) is 14.9. The van der Waals surface area contributed by atoms with E-state index in [1.807, 2.05) is 24.3 Å². The summed E-state index contributed by atoms with van der Waals surface area (Å²) in [5.41, 5.74) is 1.63. The Morgan fingerprint density at radius 1 is 1.21 bits per heavy atom. The van der Waals surface area contributed by atoms with Gasteiger partial charge < -0.3 is 10.6 Å². The van der Waals surface area contributed by atoms with Crippen LogP contribution < -0.4 is 10.6 Å². The molecule has 24 heavy (non-hydrogen) atoms. The molecule has 3 rings (SSSR count). The fraction of sp³-hybridized carbons (Fsp3) is 0.611. The predicted octanol–water partition coefficient (Wildman–Crippen LogP) is 1.77. The normalized spacial score (nSPS) is 26.8. The lowest BCUT2D eigenvalue weighted by atomic mass is 9.85. The van der Waals surface area contributed by atoms with Crippen LogP contribution in [0.2, 0.25) is 0 Å². The minimum absolute atomic E-state index is 0.00483. The van der Waals surface area contributed by atoms with E-state index in [1.54, 1.807) is 0 Å². The number of hydrogen-bond donors (Lipinski definition) is 2. The van der Waals surface area contributed by atoms with Crippen molar-refractivity contribution in [1.82, 2.24) is 10.6 Å². The molecular weight excluding hydrogens is 324 g/mol. The molecule has 3 unspecified atom stereocenters. The van der Waals surface area contributed by atoms with Crippen LogP contribution in [0, 0.1) is 5.92 Å². The maximum atomic E-state index is 12.5. The van der Waals surface area contributed by atoms with Gasteiger partial charge in [-0.15, -0.1) is 0 Å². The topological polar surface area (TPSA) is 75.3 Å². The van der Waals surface area contributed by atoms with E-state index in [0.717, 1.165) is 17.5 Å². The van der Waals surface area contributed by atoms with Crippen LogP contribution in [0.15, 0.2) is 24.3 Å². The molecule has 0 aromatic heterocycles. The number of rotatable bonds is 5. The van der Waals surface area contributed by atoms with Crippen LogP contribution in [-0.2, 0) is 26.9 Å². The van der Waals surface area contributed by atoms with Crippen LogP contribution in [0.5, 0.6) is 0 Å². The smallest absolute Gasteiger partial charge is 0.237 e. The second-order valence-corrected chi connectivity index (χ2v) is 9.30. The molecule has 1 saturated carbocycles. The molecule has 1 aliphatic heterocycles. The number of hydrogen-bond acceptors (Lipinski definition) is 4. The number of nitrogens with one attached hydrogen (secondary N) is 2. The number of fused-ring (bicyclic) bond motifs is 1. The van der Waals surface area contributed by atoms with Crippen LogP contribution in [0.3, 0.4) is 0 Å². The van der Waals surface area contributed by atoms with Crippen LogP contribution in [0.25, 0.3) is 0 Å². The first-order valence-electron chi connectivity index (χ1n) is 8.70. The van der Waals surface area contributed by atoms with Crippen molar-refractivity contribution in [1.29, 1.82) is 0 Å². The van der Waals surface area contributed by atoms with E-state index >= 15 is 0 Å². The third-order valence-electron chi connectivity index (χ3n) is 5.17. The molecule has 0 radical (unpaired) electrons. The van der Waals surface area contributed by atoms with Crippen LogP contribution in [0.1, 0.15) is 43.2 Å². The Balaban J connectivity index is 1.59. The first-order chi connectivity index (χ1) is 11.4. The van der Waals surface area contributed by atoms with Gasteiger partial charge in [-0.2, -0.15) is 0 Å². The molecule has 6 heteroatoms. The molecule has 1 aliphatic carbocycles. The SMILES string of the molecule is CS(=O)(=O)Cc1ccccc1CNC(=O)C1CC2CCCCC2N1.